The fourth-order valence-electron chi connectivity index (χ4n) is 3.99. The number of nitrogens with two attached hydrogens (primary N) is 1. The first kappa shape index (κ1) is 25.2. The standard InChI is InChI=1S/C27H33N3O4/c1-5-6-12-21-29-22(24(31)27(2,3)4)23(25(28)32)30(21)16-17-13-14-19(20(15-17)26(33)34)18-10-8-7-9-11-18/h7-11,13-15,24,31H,5-6,12,16H2,1-4H3,(H2,28,32)(H,33,34). The SMILES string of the molecule is CCCCc1nc(C(O)C(C)(C)C)c(C(N)=O)n1Cc1ccc(-c2ccccc2)c(C(=O)O)c1. The lowest BCUT2D eigenvalue weighted by atomic mass is 9.86. The summed E-state index contributed by atoms with van der Waals surface area (Å²) in [6, 6.07) is 14.6. The quantitative estimate of drug-likeness (QED) is 0.420. The molecule has 0 aliphatic heterocycles. The van der Waals surface area contributed by atoms with Gasteiger partial charge in [0.1, 0.15) is 23.3 Å². The number of benzene rings is 2. The third-order valence-electron chi connectivity index (χ3n) is 5.88. The zero-order valence-electron chi connectivity index (χ0n) is 20.2. The molecule has 0 aliphatic rings. The highest BCUT2D eigenvalue weighted by molar-refractivity contribution is 5.96. The summed E-state index contributed by atoms with van der Waals surface area (Å²) in [6.07, 6.45) is 1.42. The first-order valence-corrected chi connectivity index (χ1v) is 11.5. The van der Waals surface area contributed by atoms with Gasteiger partial charge < -0.3 is 20.5 Å². The maximum absolute atomic E-state index is 12.5. The molecule has 4 N–H and O–H groups in total. The van der Waals surface area contributed by atoms with E-state index in [0.29, 0.717) is 23.4 Å². The van der Waals surface area contributed by atoms with Crippen molar-refractivity contribution in [2.24, 2.45) is 11.1 Å². The number of primary amides is 1. The lowest BCUT2D eigenvalue weighted by Crippen LogP contribution is -2.25. The normalized spacial score (nSPS) is 12.5. The predicted octanol–water partition coefficient (Wildman–Crippen LogP) is 4.82. The van der Waals surface area contributed by atoms with E-state index in [0.717, 1.165) is 18.4 Å². The Bertz CT molecular complexity index is 1180. The predicted molar refractivity (Wildman–Crippen MR) is 132 cm³/mol. The van der Waals surface area contributed by atoms with Crippen molar-refractivity contribution in [2.45, 2.75) is 59.6 Å². The Morgan fingerprint density at radius 1 is 1.12 bits per heavy atom. The largest absolute Gasteiger partial charge is 0.478 e. The molecule has 180 valence electrons. The van der Waals surface area contributed by atoms with Crippen molar-refractivity contribution in [3.05, 3.63) is 76.9 Å². The van der Waals surface area contributed by atoms with E-state index in [9.17, 15) is 19.8 Å². The first-order valence-electron chi connectivity index (χ1n) is 11.5. The first-order chi connectivity index (χ1) is 16.0. The molecule has 0 radical (unpaired) electrons. The molecule has 3 aromatic rings. The van der Waals surface area contributed by atoms with Crippen LogP contribution < -0.4 is 5.73 Å². The second-order valence-electron chi connectivity index (χ2n) is 9.64. The highest BCUT2D eigenvalue weighted by Gasteiger charge is 2.33. The zero-order chi connectivity index (χ0) is 25.0. The Kier molecular flexibility index (Phi) is 7.57. The Morgan fingerprint density at radius 2 is 1.79 bits per heavy atom. The van der Waals surface area contributed by atoms with Gasteiger partial charge in [0.2, 0.25) is 0 Å². The molecule has 1 aromatic heterocycles. The Labute approximate surface area is 200 Å². The van der Waals surface area contributed by atoms with Gasteiger partial charge in [0.15, 0.2) is 0 Å². The molecule has 0 spiro atoms. The van der Waals surface area contributed by atoms with Crippen LogP contribution in [0.25, 0.3) is 11.1 Å². The van der Waals surface area contributed by atoms with Crippen molar-refractivity contribution >= 4 is 11.9 Å². The molecule has 0 saturated carbocycles. The molecule has 0 fully saturated rings. The fraction of sp³-hybridized carbons (Fsp3) is 0.370. The topological polar surface area (TPSA) is 118 Å². The number of aryl methyl sites for hydroxylation is 1. The number of carboxylic acids is 1. The van der Waals surface area contributed by atoms with Gasteiger partial charge in [0, 0.05) is 13.0 Å². The number of imidazole rings is 1. The van der Waals surface area contributed by atoms with Gasteiger partial charge in [-0.2, -0.15) is 0 Å². The third kappa shape index (κ3) is 5.37. The average molecular weight is 464 g/mol. The summed E-state index contributed by atoms with van der Waals surface area (Å²) < 4.78 is 1.73. The number of unbranched alkanes of at least 4 members (excludes halogenated alkanes) is 1. The third-order valence-corrected chi connectivity index (χ3v) is 5.88. The van der Waals surface area contributed by atoms with Gasteiger partial charge in [0.05, 0.1) is 5.56 Å². The van der Waals surface area contributed by atoms with E-state index >= 15 is 0 Å². The summed E-state index contributed by atoms with van der Waals surface area (Å²) in [5, 5.41) is 20.8. The van der Waals surface area contributed by atoms with Gasteiger partial charge in [0.25, 0.3) is 5.91 Å². The molecule has 0 bridgehead atoms. The molecule has 3 rings (SSSR count). The summed E-state index contributed by atoms with van der Waals surface area (Å²) in [4.78, 5) is 29.2. The van der Waals surface area contributed by atoms with Crippen LogP contribution in [0.5, 0.6) is 0 Å². The van der Waals surface area contributed by atoms with Crippen LogP contribution in [-0.4, -0.2) is 31.6 Å². The lowest BCUT2D eigenvalue weighted by molar-refractivity contribution is 0.0576. The van der Waals surface area contributed by atoms with Crippen molar-refractivity contribution in [3.8, 4) is 11.1 Å². The van der Waals surface area contributed by atoms with Gasteiger partial charge in [-0.15, -0.1) is 0 Å². The van der Waals surface area contributed by atoms with Gasteiger partial charge in [-0.3, -0.25) is 4.79 Å². The minimum absolute atomic E-state index is 0.164. The van der Waals surface area contributed by atoms with E-state index in [4.69, 9.17) is 5.73 Å². The number of aromatic carboxylic acids is 1. The lowest BCUT2D eigenvalue weighted by Gasteiger charge is -2.25. The van der Waals surface area contributed by atoms with Crippen LogP contribution in [0.3, 0.4) is 0 Å². The van der Waals surface area contributed by atoms with E-state index in [1.165, 1.54) is 0 Å². The van der Waals surface area contributed by atoms with Crippen molar-refractivity contribution in [1.82, 2.24) is 9.55 Å². The second-order valence-corrected chi connectivity index (χ2v) is 9.64. The summed E-state index contributed by atoms with van der Waals surface area (Å²) in [7, 11) is 0. The summed E-state index contributed by atoms with van der Waals surface area (Å²) in [5.74, 6) is -1.05. The number of aliphatic hydroxyl groups is 1. The smallest absolute Gasteiger partial charge is 0.336 e. The van der Waals surface area contributed by atoms with Gasteiger partial charge in [-0.25, -0.2) is 9.78 Å². The number of nitrogens with zero attached hydrogens (tertiary/aromatic N) is 2. The highest BCUT2D eigenvalue weighted by atomic mass is 16.4. The van der Waals surface area contributed by atoms with Crippen LogP contribution in [0.1, 0.15) is 84.6 Å². The number of aliphatic hydroxyl groups excluding tert-OH is 1. The van der Waals surface area contributed by atoms with Crippen LogP contribution in [-0.2, 0) is 13.0 Å². The Morgan fingerprint density at radius 3 is 2.35 bits per heavy atom. The van der Waals surface area contributed by atoms with E-state index in [2.05, 4.69) is 11.9 Å². The molecular weight excluding hydrogens is 430 g/mol. The minimum Gasteiger partial charge on any atom is -0.478 e. The van der Waals surface area contributed by atoms with E-state index in [-0.39, 0.29) is 23.5 Å². The maximum Gasteiger partial charge on any atom is 0.336 e. The minimum atomic E-state index is -1.03. The van der Waals surface area contributed by atoms with Crippen LogP contribution in [0, 0.1) is 5.41 Å². The van der Waals surface area contributed by atoms with Crippen molar-refractivity contribution < 1.29 is 19.8 Å². The number of hydrogen-bond acceptors (Lipinski definition) is 4. The van der Waals surface area contributed by atoms with Crippen molar-refractivity contribution in [3.63, 3.8) is 0 Å². The molecule has 7 heteroatoms. The number of carbonyl (C=O) groups excluding carboxylic acids is 1. The molecule has 1 heterocycles. The Balaban J connectivity index is 2.12. The van der Waals surface area contributed by atoms with E-state index < -0.39 is 23.4 Å². The van der Waals surface area contributed by atoms with E-state index in [1.807, 2.05) is 57.2 Å². The van der Waals surface area contributed by atoms with Gasteiger partial charge >= 0.3 is 5.97 Å². The van der Waals surface area contributed by atoms with E-state index in [1.54, 1.807) is 16.7 Å². The monoisotopic (exact) mass is 463 g/mol. The Hall–Kier alpha value is -3.45. The van der Waals surface area contributed by atoms with Crippen LogP contribution in [0.4, 0.5) is 0 Å². The zero-order valence-corrected chi connectivity index (χ0v) is 20.2. The molecular formula is C27H33N3O4. The number of rotatable bonds is 9. The maximum atomic E-state index is 12.5. The fourth-order valence-corrected chi connectivity index (χ4v) is 3.99. The number of amides is 1. The highest BCUT2D eigenvalue weighted by Crippen LogP contribution is 2.35. The number of hydrogen-bond donors (Lipinski definition) is 3. The van der Waals surface area contributed by atoms with Crippen LogP contribution in [0.2, 0.25) is 0 Å². The summed E-state index contributed by atoms with van der Waals surface area (Å²) in [5.41, 5.74) is 7.96. The van der Waals surface area contributed by atoms with Crippen LogP contribution in [0.15, 0.2) is 48.5 Å². The molecule has 1 amide bonds. The molecule has 7 nitrogen and oxygen atoms in total. The summed E-state index contributed by atoms with van der Waals surface area (Å²) in [6.45, 7) is 7.89. The summed E-state index contributed by atoms with van der Waals surface area (Å²) >= 11 is 0. The average Bonchev–Trinajstić information content (AvgIpc) is 3.15. The molecule has 0 aliphatic carbocycles. The second kappa shape index (κ2) is 10.2. The van der Waals surface area contributed by atoms with Crippen molar-refractivity contribution in [2.75, 3.05) is 0 Å². The van der Waals surface area contributed by atoms with Crippen molar-refractivity contribution in [1.29, 1.82) is 0 Å². The number of carboxylic acid groups (broad SMARTS) is 1. The van der Waals surface area contributed by atoms with Crippen LogP contribution >= 0.6 is 0 Å². The molecule has 0 saturated heterocycles. The molecule has 1 atom stereocenters. The molecule has 1 unspecified atom stereocenters. The number of carbonyl (C=O) groups is 2. The van der Waals surface area contributed by atoms with Gasteiger partial charge in [-0.05, 0) is 34.6 Å². The van der Waals surface area contributed by atoms with Gasteiger partial charge in [-0.1, -0.05) is 76.6 Å². The number of aromatic nitrogens is 2. The molecule has 34 heavy (non-hydrogen) atoms. The molecule has 2 aromatic carbocycles.